The summed E-state index contributed by atoms with van der Waals surface area (Å²) < 4.78 is 5.31. The summed E-state index contributed by atoms with van der Waals surface area (Å²) in [5, 5.41) is 5.09. The van der Waals surface area contributed by atoms with Crippen molar-refractivity contribution in [3.8, 4) is 11.4 Å². The van der Waals surface area contributed by atoms with Crippen molar-refractivity contribution < 1.29 is 0 Å². The van der Waals surface area contributed by atoms with Gasteiger partial charge in [-0.1, -0.05) is 11.6 Å². The molecule has 0 aliphatic heterocycles. The summed E-state index contributed by atoms with van der Waals surface area (Å²) in [4.78, 5) is 17.2. The third-order valence-electron chi connectivity index (χ3n) is 3.96. The number of hydrogen-bond acceptors (Lipinski definition) is 3. The summed E-state index contributed by atoms with van der Waals surface area (Å²) in [5.41, 5.74) is 4.12. The van der Waals surface area contributed by atoms with Crippen LogP contribution in [0.5, 0.6) is 0 Å². The van der Waals surface area contributed by atoms with Crippen LogP contribution in [0.2, 0.25) is 0 Å². The van der Waals surface area contributed by atoms with Gasteiger partial charge in [-0.25, -0.2) is 4.98 Å². The van der Waals surface area contributed by atoms with E-state index in [0.717, 1.165) is 22.4 Å². The van der Waals surface area contributed by atoms with Crippen LogP contribution in [0.3, 0.4) is 0 Å². The molecule has 0 unspecified atom stereocenters. The molecule has 22 heavy (non-hydrogen) atoms. The van der Waals surface area contributed by atoms with Gasteiger partial charge in [-0.05, 0) is 25.1 Å². The van der Waals surface area contributed by atoms with Crippen LogP contribution in [0.25, 0.3) is 27.9 Å². The third-order valence-corrected chi connectivity index (χ3v) is 3.96. The second-order valence-corrected chi connectivity index (χ2v) is 5.55. The molecule has 110 valence electrons. The van der Waals surface area contributed by atoms with Crippen LogP contribution >= 0.6 is 0 Å². The molecule has 0 saturated carbocycles. The maximum Gasteiger partial charge on any atom is 0.261 e. The largest absolute Gasteiger partial charge is 0.295 e. The van der Waals surface area contributed by atoms with Crippen molar-refractivity contribution in [3.63, 3.8) is 0 Å². The van der Waals surface area contributed by atoms with Crippen molar-refractivity contribution in [1.82, 2.24) is 23.7 Å². The van der Waals surface area contributed by atoms with E-state index in [-0.39, 0.29) is 5.56 Å². The number of fused-ring (bicyclic) bond motifs is 3. The number of nitrogens with zero attached hydrogens (tertiary/aromatic N) is 5. The molecule has 0 amide bonds. The molecule has 0 radical (unpaired) electrons. The van der Waals surface area contributed by atoms with Gasteiger partial charge >= 0.3 is 0 Å². The van der Waals surface area contributed by atoms with Crippen LogP contribution in [0.1, 0.15) is 5.56 Å². The van der Waals surface area contributed by atoms with Crippen LogP contribution < -0.4 is 5.56 Å². The molecule has 4 aromatic rings. The molecular formula is C16H15N5O. The van der Waals surface area contributed by atoms with Crippen molar-refractivity contribution in [2.24, 2.45) is 14.1 Å². The Morgan fingerprint density at radius 2 is 1.95 bits per heavy atom. The first-order chi connectivity index (χ1) is 10.6. The van der Waals surface area contributed by atoms with Gasteiger partial charge in [-0.2, -0.15) is 5.10 Å². The topological polar surface area (TPSA) is 57.1 Å². The maximum atomic E-state index is 12.7. The van der Waals surface area contributed by atoms with Gasteiger partial charge in [0.1, 0.15) is 23.4 Å². The van der Waals surface area contributed by atoms with Gasteiger partial charge in [0, 0.05) is 20.3 Å². The van der Waals surface area contributed by atoms with Crippen molar-refractivity contribution in [2.75, 3.05) is 0 Å². The van der Waals surface area contributed by atoms with E-state index >= 15 is 0 Å². The minimum absolute atomic E-state index is 0.0242. The number of aromatic nitrogens is 5. The molecule has 0 fully saturated rings. The van der Waals surface area contributed by atoms with E-state index in [1.807, 2.05) is 48.8 Å². The van der Waals surface area contributed by atoms with Gasteiger partial charge in [-0.3, -0.25) is 18.4 Å². The van der Waals surface area contributed by atoms with Gasteiger partial charge in [0.2, 0.25) is 0 Å². The molecule has 6 heteroatoms. The number of benzene rings is 1. The fourth-order valence-electron chi connectivity index (χ4n) is 2.87. The SMILES string of the molecule is Cc1ccc2c(c1)c(=O)n(C)c1c(-c3ccn(C)n3)ncn21. The standard InChI is InChI=1S/C16H15N5O/c1-10-4-5-13-11(8-10)16(22)20(3)15-14(17-9-21(13)15)12-6-7-19(2)18-12/h4-9H,1-3H3. The summed E-state index contributed by atoms with van der Waals surface area (Å²) in [6, 6.07) is 7.77. The number of rotatable bonds is 1. The molecule has 0 N–H and O–H groups in total. The smallest absolute Gasteiger partial charge is 0.261 e. The summed E-state index contributed by atoms with van der Waals surface area (Å²) >= 11 is 0. The lowest BCUT2D eigenvalue weighted by molar-refractivity contribution is 0.770. The maximum absolute atomic E-state index is 12.7. The normalized spacial score (nSPS) is 11.6. The Morgan fingerprint density at radius 3 is 2.68 bits per heavy atom. The average Bonchev–Trinajstić information content (AvgIpc) is 3.11. The fourth-order valence-corrected chi connectivity index (χ4v) is 2.87. The Hall–Kier alpha value is -2.89. The van der Waals surface area contributed by atoms with E-state index in [2.05, 4.69) is 10.1 Å². The fraction of sp³-hybridized carbons (Fsp3) is 0.188. The lowest BCUT2D eigenvalue weighted by Gasteiger charge is -2.08. The minimum Gasteiger partial charge on any atom is -0.295 e. The van der Waals surface area contributed by atoms with Crippen molar-refractivity contribution in [1.29, 1.82) is 0 Å². The zero-order chi connectivity index (χ0) is 15.4. The monoisotopic (exact) mass is 293 g/mol. The van der Waals surface area contributed by atoms with Gasteiger partial charge in [-0.15, -0.1) is 0 Å². The number of aryl methyl sites for hydroxylation is 3. The van der Waals surface area contributed by atoms with E-state index in [1.54, 1.807) is 22.6 Å². The minimum atomic E-state index is -0.0242. The summed E-state index contributed by atoms with van der Waals surface area (Å²) in [7, 11) is 3.63. The highest BCUT2D eigenvalue weighted by Crippen LogP contribution is 2.23. The second-order valence-electron chi connectivity index (χ2n) is 5.55. The van der Waals surface area contributed by atoms with Gasteiger partial charge in [0.15, 0.2) is 0 Å². The Morgan fingerprint density at radius 1 is 1.14 bits per heavy atom. The summed E-state index contributed by atoms with van der Waals surface area (Å²) in [6.45, 7) is 1.98. The first-order valence-corrected chi connectivity index (χ1v) is 7.02. The molecule has 0 spiro atoms. The molecule has 3 aromatic heterocycles. The van der Waals surface area contributed by atoms with Gasteiger partial charge < -0.3 is 0 Å². The first kappa shape index (κ1) is 12.8. The Kier molecular flexibility index (Phi) is 2.51. The summed E-state index contributed by atoms with van der Waals surface area (Å²) in [6.07, 6.45) is 3.61. The molecule has 0 bridgehead atoms. The zero-order valence-electron chi connectivity index (χ0n) is 12.6. The molecule has 6 nitrogen and oxygen atoms in total. The van der Waals surface area contributed by atoms with Gasteiger partial charge in [0.25, 0.3) is 5.56 Å². The molecule has 0 aliphatic carbocycles. The highest BCUT2D eigenvalue weighted by Gasteiger charge is 2.16. The predicted molar refractivity (Wildman–Crippen MR) is 84.9 cm³/mol. The second kappa shape index (κ2) is 4.30. The Balaban J connectivity index is 2.18. The molecular weight excluding hydrogens is 278 g/mol. The Labute approximate surface area is 126 Å². The number of hydrogen-bond donors (Lipinski definition) is 0. The lowest BCUT2D eigenvalue weighted by atomic mass is 10.1. The molecule has 4 rings (SSSR count). The predicted octanol–water partition coefficient (Wildman–Crippen LogP) is 1.90. The van der Waals surface area contributed by atoms with E-state index in [9.17, 15) is 4.79 Å². The Bertz CT molecular complexity index is 1080. The highest BCUT2D eigenvalue weighted by molar-refractivity contribution is 5.85. The van der Waals surface area contributed by atoms with Crippen LogP contribution in [-0.4, -0.2) is 23.7 Å². The highest BCUT2D eigenvalue weighted by atomic mass is 16.1. The quantitative estimate of drug-likeness (QED) is 0.538. The first-order valence-electron chi connectivity index (χ1n) is 7.02. The molecule has 3 heterocycles. The third kappa shape index (κ3) is 1.64. The molecule has 0 aliphatic rings. The molecule has 1 aromatic carbocycles. The molecule has 0 saturated heterocycles. The zero-order valence-corrected chi connectivity index (χ0v) is 12.6. The van der Waals surface area contributed by atoms with Crippen molar-refractivity contribution >= 4 is 16.6 Å². The van der Waals surface area contributed by atoms with Crippen LogP contribution in [0.4, 0.5) is 0 Å². The van der Waals surface area contributed by atoms with E-state index < -0.39 is 0 Å². The van der Waals surface area contributed by atoms with E-state index in [4.69, 9.17) is 0 Å². The van der Waals surface area contributed by atoms with Crippen molar-refractivity contribution in [3.05, 3.63) is 52.7 Å². The molecule has 0 atom stereocenters. The van der Waals surface area contributed by atoms with Crippen molar-refractivity contribution in [2.45, 2.75) is 6.92 Å². The van der Waals surface area contributed by atoms with Gasteiger partial charge in [0.05, 0.1) is 10.9 Å². The van der Waals surface area contributed by atoms with Crippen LogP contribution in [-0.2, 0) is 14.1 Å². The average molecular weight is 293 g/mol. The summed E-state index contributed by atoms with van der Waals surface area (Å²) in [5.74, 6) is 0. The lowest BCUT2D eigenvalue weighted by Crippen LogP contribution is -2.19. The van der Waals surface area contributed by atoms with E-state index in [1.165, 1.54) is 0 Å². The number of imidazole rings is 1. The van der Waals surface area contributed by atoms with Crippen LogP contribution in [0, 0.1) is 6.92 Å². The van der Waals surface area contributed by atoms with Crippen LogP contribution in [0.15, 0.2) is 41.6 Å². The van der Waals surface area contributed by atoms with E-state index in [0.29, 0.717) is 11.1 Å².